The standard InChI is InChI=1S/C13H17ClFN3O/c1-16-13(19)12-7-17-4-5-18(12)8-9-2-3-10(15)6-11(9)14/h2-3,6,12,17H,4-5,7-8H2,1H3,(H,16,19). The van der Waals surface area contributed by atoms with E-state index in [1.165, 1.54) is 12.1 Å². The Labute approximate surface area is 116 Å². The summed E-state index contributed by atoms with van der Waals surface area (Å²) in [5, 5.41) is 6.25. The Morgan fingerprint density at radius 1 is 1.63 bits per heavy atom. The number of amides is 1. The highest BCUT2D eigenvalue weighted by Crippen LogP contribution is 2.20. The first-order valence-electron chi connectivity index (χ1n) is 6.22. The Hall–Kier alpha value is -1.17. The van der Waals surface area contributed by atoms with Crippen molar-refractivity contribution < 1.29 is 9.18 Å². The third kappa shape index (κ3) is 3.43. The van der Waals surface area contributed by atoms with Crippen LogP contribution in [0.3, 0.4) is 0 Å². The molecule has 0 aromatic heterocycles. The van der Waals surface area contributed by atoms with Gasteiger partial charge in [-0.1, -0.05) is 17.7 Å². The molecule has 0 bridgehead atoms. The number of halogens is 2. The minimum atomic E-state index is -0.350. The van der Waals surface area contributed by atoms with Gasteiger partial charge in [0.15, 0.2) is 0 Å². The fourth-order valence-corrected chi connectivity index (χ4v) is 2.46. The summed E-state index contributed by atoms with van der Waals surface area (Å²) in [4.78, 5) is 13.9. The van der Waals surface area contributed by atoms with Crippen molar-refractivity contribution in [3.8, 4) is 0 Å². The molecule has 1 fully saturated rings. The number of likely N-dealkylation sites (N-methyl/N-ethyl adjacent to an activating group) is 1. The number of rotatable bonds is 3. The number of nitrogens with zero attached hydrogens (tertiary/aromatic N) is 1. The van der Waals surface area contributed by atoms with E-state index in [1.54, 1.807) is 13.1 Å². The van der Waals surface area contributed by atoms with E-state index in [-0.39, 0.29) is 17.8 Å². The Morgan fingerprint density at radius 3 is 3.11 bits per heavy atom. The number of hydrogen-bond acceptors (Lipinski definition) is 3. The molecule has 1 atom stereocenters. The molecule has 0 radical (unpaired) electrons. The smallest absolute Gasteiger partial charge is 0.238 e. The van der Waals surface area contributed by atoms with Gasteiger partial charge in [0.05, 0.1) is 0 Å². The normalized spacial score (nSPS) is 20.3. The lowest BCUT2D eigenvalue weighted by Crippen LogP contribution is -2.56. The summed E-state index contributed by atoms with van der Waals surface area (Å²) in [6.07, 6.45) is 0. The van der Waals surface area contributed by atoms with E-state index in [1.807, 2.05) is 0 Å². The van der Waals surface area contributed by atoms with Crippen LogP contribution in [0.1, 0.15) is 5.56 Å². The van der Waals surface area contributed by atoms with E-state index in [0.717, 1.165) is 18.7 Å². The van der Waals surface area contributed by atoms with Gasteiger partial charge in [0.25, 0.3) is 0 Å². The molecule has 4 nitrogen and oxygen atoms in total. The van der Waals surface area contributed by atoms with Gasteiger partial charge in [0.2, 0.25) is 5.91 Å². The molecule has 1 saturated heterocycles. The maximum atomic E-state index is 13.0. The van der Waals surface area contributed by atoms with Crippen molar-refractivity contribution in [3.05, 3.63) is 34.6 Å². The lowest BCUT2D eigenvalue weighted by Gasteiger charge is -2.35. The zero-order valence-electron chi connectivity index (χ0n) is 10.7. The van der Waals surface area contributed by atoms with Crippen LogP contribution in [0, 0.1) is 5.82 Å². The summed E-state index contributed by atoms with van der Waals surface area (Å²) < 4.78 is 13.0. The van der Waals surface area contributed by atoms with E-state index < -0.39 is 0 Å². The molecule has 1 aliphatic heterocycles. The van der Waals surface area contributed by atoms with Gasteiger partial charge in [-0.3, -0.25) is 9.69 Å². The second-order valence-corrected chi connectivity index (χ2v) is 4.95. The maximum Gasteiger partial charge on any atom is 0.238 e. The maximum absolute atomic E-state index is 13.0. The average molecular weight is 286 g/mol. The molecule has 6 heteroatoms. The van der Waals surface area contributed by atoms with Gasteiger partial charge in [0, 0.05) is 38.2 Å². The predicted molar refractivity (Wildman–Crippen MR) is 72.5 cm³/mol. The molecule has 1 aliphatic rings. The third-order valence-corrected chi connectivity index (χ3v) is 3.64. The zero-order valence-corrected chi connectivity index (χ0v) is 11.5. The van der Waals surface area contributed by atoms with Crippen molar-refractivity contribution in [2.24, 2.45) is 0 Å². The van der Waals surface area contributed by atoms with Crippen molar-refractivity contribution in [1.82, 2.24) is 15.5 Å². The minimum Gasteiger partial charge on any atom is -0.358 e. The molecule has 2 N–H and O–H groups in total. The van der Waals surface area contributed by atoms with Gasteiger partial charge in [-0.2, -0.15) is 0 Å². The molecular formula is C13H17ClFN3O. The van der Waals surface area contributed by atoms with Crippen molar-refractivity contribution in [2.45, 2.75) is 12.6 Å². The molecule has 0 spiro atoms. The first kappa shape index (κ1) is 14.2. The van der Waals surface area contributed by atoms with Crippen LogP contribution in [-0.4, -0.2) is 43.5 Å². The van der Waals surface area contributed by atoms with Crippen molar-refractivity contribution in [1.29, 1.82) is 0 Å². The van der Waals surface area contributed by atoms with Crippen molar-refractivity contribution >= 4 is 17.5 Å². The summed E-state index contributed by atoms with van der Waals surface area (Å²) >= 11 is 6.03. The SMILES string of the molecule is CNC(=O)C1CNCCN1Cc1ccc(F)cc1Cl. The second kappa shape index (κ2) is 6.32. The summed E-state index contributed by atoms with van der Waals surface area (Å²) in [7, 11) is 1.62. The Balaban J connectivity index is 2.13. The van der Waals surface area contributed by atoms with E-state index in [0.29, 0.717) is 18.1 Å². The van der Waals surface area contributed by atoms with Crippen LogP contribution in [0.25, 0.3) is 0 Å². The predicted octanol–water partition coefficient (Wildman–Crippen LogP) is 0.999. The molecule has 1 unspecified atom stereocenters. The summed E-state index contributed by atoms with van der Waals surface area (Å²) in [6.45, 7) is 2.73. The fourth-order valence-electron chi connectivity index (χ4n) is 2.23. The van der Waals surface area contributed by atoms with Crippen molar-refractivity contribution in [2.75, 3.05) is 26.7 Å². The summed E-state index contributed by atoms with van der Waals surface area (Å²) in [5.41, 5.74) is 0.832. The van der Waals surface area contributed by atoms with Gasteiger partial charge in [0.1, 0.15) is 11.9 Å². The monoisotopic (exact) mass is 285 g/mol. The number of carbonyl (C=O) groups excluding carboxylic acids is 1. The number of piperazine rings is 1. The molecule has 19 heavy (non-hydrogen) atoms. The molecular weight excluding hydrogens is 269 g/mol. The largest absolute Gasteiger partial charge is 0.358 e. The van der Waals surface area contributed by atoms with Crippen LogP contribution in [0.15, 0.2) is 18.2 Å². The van der Waals surface area contributed by atoms with Crippen LogP contribution < -0.4 is 10.6 Å². The molecule has 0 aliphatic carbocycles. The van der Waals surface area contributed by atoms with E-state index >= 15 is 0 Å². The number of nitrogens with one attached hydrogen (secondary N) is 2. The topological polar surface area (TPSA) is 44.4 Å². The van der Waals surface area contributed by atoms with Crippen molar-refractivity contribution in [3.63, 3.8) is 0 Å². The summed E-state index contributed by atoms with van der Waals surface area (Å²) in [5.74, 6) is -0.373. The number of hydrogen-bond donors (Lipinski definition) is 2. The van der Waals surface area contributed by atoms with Gasteiger partial charge in [-0.25, -0.2) is 4.39 Å². The first-order valence-corrected chi connectivity index (χ1v) is 6.60. The van der Waals surface area contributed by atoms with Crippen LogP contribution in [0.2, 0.25) is 5.02 Å². The molecule has 2 rings (SSSR count). The highest BCUT2D eigenvalue weighted by molar-refractivity contribution is 6.31. The van der Waals surface area contributed by atoms with Crippen LogP contribution in [-0.2, 0) is 11.3 Å². The third-order valence-electron chi connectivity index (χ3n) is 3.29. The second-order valence-electron chi connectivity index (χ2n) is 4.54. The van der Waals surface area contributed by atoms with Gasteiger partial charge < -0.3 is 10.6 Å². The minimum absolute atomic E-state index is 0.0227. The highest BCUT2D eigenvalue weighted by atomic mass is 35.5. The Kier molecular flexibility index (Phi) is 4.74. The van der Waals surface area contributed by atoms with Crippen LogP contribution in [0.4, 0.5) is 4.39 Å². The van der Waals surface area contributed by atoms with E-state index in [9.17, 15) is 9.18 Å². The van der Waals surface area contributed by atoms with E-state index in [2.05, 4.69) is 15.5 Å². The number of carbonyl (C=O) groups is 1. The Bertz CT molecular complexity index is 469. The highest BCUT2D eigenvalue weighted by Gasteiger charge is 2.28. The summed E-state index contributed by atoms with van der Waals surface area (Å²) in [6, 6.07) is 4.13. The first-order chi connectivity index (χ1) is 9.11. The fraction of sp³-hybridized carbons (Fsp3) is 0.462. The number of benzene rings is 1. The quantitative estimate of drug-likeness (QED) is 0.871. The lowest BCUT2D eigenvalue weighted by molar-refractivity contribution is -0.126. The average Bonchev–Trinajstić information content (AvgIpc) is 2.41. The van der Waals surface area contributed by atoms with Gasteiger partial charge in [-0.05, 0) is 17.7 Å². The molecule has 104 valence electrons. The van der Waals surface area contributed by atoms with Crippen LogP contribution >= 0.6 is 11.6 Å². The van der Waals surface area contributed by atoms with Crippen LogP contribution in [0.5, 0.6) is 0 Å². The molecule has 1 aromatic rings. The molecule has 0 saturated carbocycles. The van der Waals surface area contributed by atoms with Gasteiger partial charge >= 0.3 is 0 Å². The molecule has 1 amide bonds. The zero-order chi connectivity index (χ0) is 13.8. The molecule has 1 heterocycles. The van der Waals surface area contributed by atoms with Gasteiger partial charge in [-0.15, -0.1) is 0 Å². The van der Waals surface area contributed by atoms with E-state index in [4.69, 9.17) is 11.6 Å². The Morgan fingerprint density at radius 2 is 2.42 bits per heavy atom. The lowest BCUT2D eigenvalue weighted by atomic mass is 10.1. The molecule has 1 aromatic carbocycles.